The second kappa shape index (κ2) is 7.61. The summed E-state index contributed by atoms with van der Waals surface area (Å²) in [5.74, 6) is -0.161. The van der Waals surface area contributed by atoms with E-state index in [-0.39, 0.29) is 37.1 Å². The van der Waals surface area contributed by atoms with Crippen molar-refractivity contribution in [1.82, 2.24) is 19.7 Å². The van der Waals surface area contributed by atoms with E-state index in [2.05, 4.69) is 21.5 Å². The van der Waals surface area contributed by atoms with Gasteiger partial charge in [0.15, 0.2) is 0 Å². The zero-order valence-corrected chi connectivity index (χ0v) is 17.0. The summed E-state index contributed by atoms with van der Waals surface area (Å²) < 4.78 is 27.5. The van der Waals surface area contributed by atoms with E-state index < -0.39 is 23.6 Å². The molecule has 4 heterocycles. The molecular weight excluding hydrogens is 408 g/mol. The van der Waals surface area contributed by atoms with E-state index in [1.165, 1.54) is 12.3 Å². The number of halogens is 2. The van der Waals surface area contributed by atoms with Gasteiger partial charge in [0.05, 0.1) is 48.2 Å². The normalized spacial score (nSPS) is 23.1. The molecule has 2 aliphatic heterocycles. The lowest BCUT2D eigenvalue weighted by molar-refractivity contribution is -0.117. The number of rotatable bonds is 3. The molecule has 0 aliphatic carbocycles. The standard InChI is InChI=1S/C20H21F2N7O2/c1-12-8-29-16(15(7-25-29)28-11-20(2,10-23)6-17(28)30)9-27(12)19(31)26-13-3-4-24-14(5-13)18(21)22/h3-5,7,12,18H,6,8-9,11H2,1-2H3,(H,24,26,31)/t12-,20?/m0/s1. The van der Waals surface area contributed by atoms with Gasteiger partial charge in [-0.05, 0) is 26.0 Å². The topological polar surface area (TPSA) is 107 Å². The van der Waals surface area contributed by atoms with Crippen LogP contribution < -0.4 is 10.2 Å². The predicted molar refractivity (Wildman–Crippen MR) is 106 cm³/mol. The van der Waals surface area contributed by atoms with E-state index in [4.69, 9.17) is 0 Å². The van der Waals surface area contributed by atoms with Crippen molar-refractivity contribution >= 4 is 23.3 Å². The molecule has 0 radical (unpaired) electrons. The Kier molecular flexibility index (Phi) is 5.08. The van der Waals surface area contributed by atoms with Gasteiger partial charge in [0.25, 0.3) is 6.43 Å². The van der Waals surface area contributed by atoms with Gasteiger partial charge in [0.2, 0.25) is 5.91 Å². The molecule has 11 heteroatoms. The Hall–Kier alpha value is -3.55. The minimum atomic E-state index is -2.74. The molecule has 1 N–H and O–H groups in total. The first-order valence-electron chi connectivity index (χ1n) is 9.79. The molecule has 0 aromatic carbocycles. The Balaban J connectivity index is 1.55. The van der Waals surface area contributed by atoms with Crippen LogP contribution in [0.15, 0.2) is 24.5 Å². The van der Waals surface area contributed by atoms with E-state index in [0.29, 0.717) is 17.9 Å². The number of amides is 3. The molecule has 2 aromatic rings. The molecule has 31 heavy (non-hydrogen) atoms. The quantitative estimate of drug-likeness (QED) is 0.807. The number of urea groups is 1. The third kappa shape index (κ3) is 3.81. The Morgan fingerprint density at radius 1 is 1.45 bits per heavy atom. The van der Waals surface area contributed by atoms with Crippen molar-refractivity contribution in [2.75, 3.05) is 16.8 Å². The van der Waals surface area contributed by atoms with Crippen molar-refractivity contribution in [1.29, 1.82) is 5.26 Å². The van der Waals surface area contributed by atoms with Crippen molar-refractivity contribution in [3.05, 3.63) is 35.9 Å². The fraction of sp³-hybridized carbons (Fsp3) is 0.450. The number of hydrogen-bond acceptors (Lipinski definition) is 5. The number of aromatic nitrogens is 3. The van der Waals surface area contributed by atoms with Crippen LogP contribution in [0.2, 0.25) is 0 Å². The first-order valence-corrected chi connectivity index (χ1v) is 9.79. The van der Waals surface area contributed by atoms with Crippen LogP contribution in [-0.4, -0.2) is 44.2 Å². The fourth-order valence-electron chi connectivity index (χ4n) is 3.94. The maximum atomic E-state index is 12.9. The van der Waals surface area contributed by atoms with Crippen molar-refractivity contribution in [3.8, 4) is 6.07 Å². The summed E-state index contributed by atoms with van der Waals surface area (Å²) in [7, 11) is 0. The van der Waals surface area contributed by atoms with Crippen LogP contribution in [0.3, 0.4) is 0 Å². The Morgan fingerprint density at radius 2 is 2.23 bits per heavy atom. The molecule has 3 amide bonds. The molecule has 2 aliphatic rings. The van der Waals surface area contributed by atoms with Crippen LogP contribution in [0.4, 0.5) is 25.0 Å². The first kappa shape index (κ1) is 20.7. The van der Waals surface area contributed by atoms with Crippen LogP contribution in [0, 0.1) is 16.7 Å². The van der Waals surface area contributed by atoms with E-state index in [1.807, 2.05) is 6.92 Å². The van der Waals surface area contributed by atoms with E-state index in [1.54, 1.807) is 27.6 Å². The van der Waals surface area contributed by atoms with Gasteiger partial charge in [0.1, 0.15) is 5.69 Å². The SMILES string of the molecule is C[C@H]1Cn2ncc(N3CC(C)(C#N)CC3=O)c2CN1C(=O)Nc1ccnc(C(F)F)c1. The lowest BCUT2D eigenvalue weighted by Gasteiger charge is -2.35. The highest BCUT2D eigenvalue weighted by atomic mass is 19.3. The number of nitrogens with zero attached hydrogens (tertiary/aromatic N) is 6. The van der Waals surface area contributed by atoms with Gasteiger partial charge in [-0.2, -0.15) is 10.4 Å². The number of nitriles is 1. The number of anilines is 2. The minimum absolute atomic E-state index is 0.128. The third-order valence-corrected chi connectivity index (χ3v) is 5.64. The van der Waals surface area contributed by atoms with E-state index >= 15 is 0 Å². The lowest BCUT2D eigenvalue weighted by Crippen LogP contribution is -2.47. The van der Waals surface area contributed by atoms with Gasteiger partial charge in [-0.25, -0.2) is 13.6 Å². The van der Waals surface area contributed by atoms with Gasteiger partial charge in [-0.1, -0.05) is 0 Å². The molecule has 1 unspecified atom stereocenters. The highest BCUT2D eigenvalue weighted by Crippen LogP contribution is 2.36. The largest absolute Gasteiger partial charge is 0.322 e. The number of alkyl halides is 2. The maximum absolute atomic E-state index is 12.9. The summed E-state index contributed by atoms with van der Waals surface area (Å²) in [6.45, 7) is 4.46. The summed E-state index contributed by atoms with van der Waals surface area (Å²) in [5.41, 5.74) is 0.304. The van der Waals surface area contributed by atoms with Gasteiger partial charge in [-0.3, -0.25) is 14.5 Å². The zero-order valence-electron chi connectivity index (χ0n) is 17.0. The molecule has 2 aromatic heterocycles. The molecular formula is C20H21F2N7O2. The van der Waals surface area contributed by atoms with Gasteiger partial charge >= 0.3 is 6.03 Å². The van der Waals surface area contributed by atoms with Crippen molar-refractivity contribution in [2.24, 2.45) is 5.41 Å². The van der Waals surface area contributed by atoms with Crippen molar-refractivity contribution < 1.29 is 18.4 Å². The smallest absolute Gasteiger partial charge is 0.314 e. The molecule has 1 saturated heterocycles. The number of pyridine rings is 1. The van der Waals surface area contributed by atoms with Gasteiger partial charge in [-0.15, -0.1) is 0 Å². The van der Waals surface area contributed by atoms with Gasteiger partial charge in [0, 0.05) is 24.8 Å². The third-order valence-electron chi connectivity index (χ3n) is 5.64. The number of carbonyl (C=O) groups excluding carboxylic acids is 2. The molecule has 9 nitrogen and oxygen atoms in total. The number of nitrogens with one attached hydrogen (secondary N) is 1. The lowest BCUT2D eigenvalue weighted by atomic mass is 9.92. The second-order valence-corrected chi connectivity index (χ2v) is 8.16. The summed E-state index contributed by atoms with van der Waals surface area (Å²) in [4.78, 5) is 32.1. The predicted octanol–water partition coefficient (Wildman–Crippen LogP) is 2.92. The maximum Gasteiger partial charge on any atom is 0.322 e. The Morgan fingerprint density at radius 3 is 2.90 bits per heavy atom. The number of carbonyl (C=O) groups is 2. The molecule has 4 rings (SSSR count). The average Bonchev–Trinajstić information content (AvgIpc) is 3.27. The molecule has 2 atom stereocenters. The summed E-state index contributed by atoms with van der Waals surface area (Å²) in [5, 5.41) is 16.4. The highest BCUT2D eigenvalue weighted by molar-refractivity contribution is 5.97. The monoisotopic (exact) mass is 429 g/mol. The van der Waals surface area contributed by atoms with E-state index in [9.17, 15) is 23.6 Å². The molecule has 0 saturated carbocycles. The van der Waals surface area contributed by atoms with Crippen LogP contribution >= 0.6 is 0 Å². The fourth-order valence-corrected chi connectivity index (χ4v) is 3.94. The zero-order chi connectivity index (χ0) is 22.3. The average molecular weight is 429 g/mol. The second-order valence-electron chi connectivity index (χ2n) is 8.16. The van der Waals surface area contributed by atoms with Crippen molar-refractivity contribution in [3.63, 3.8) is 0 Å². The molecule has 0 bridgehead atoms. The van der Waals surface area contributed by atoms with Crippen LogP contribution in [0.1, 0.15) is 38.1 Å². The molecule has 162 valence electrons. The highest BCUT2D eigenvalue weighted by Gasteiger charge is 2.42. The number of fused-ring (bicyclic) bond motifs is 1. The summed E-state index contributed by atoms with van der Waals surface area (Å²) in [6.07, 6.45) is 0.195. The van der Waals surface area contributed by atoms with Crippen molar-refractivity contribution in [2.45, 2.75) is 45.8 Å². The van der Waals surface area contributed by atoms with E-state index in [0.717, 1.165) is 6.07 Å². The van der Waals surface area contributed by atoms with Crippen LogP contribution in [0.5, 0.6) is 0 Å². The molecule has 0 spiro atoms. The molecule has 1 fully saturated rings. The minimum Gasteiger partial charge on any atom is -0.314 e. The first-order chi connectivity index (χ1) is 14.7. The van der Waals surface area contributed by atoms with Crippen LogP contribution in [0.25, 0.3) is 0 Å². The van der Waals surface area contributed by atoms with Crippen LogP contribution in [-0.2, 0) is 17.9 Å². The summed E-state index contributed by atoms with van der Waals surface area (Å²) in [6, 6.07) is 4.11. The van der Waals surface area contributed by atoms with Gasteiger partial charge < -0.3 is 15.1 Å². The number of hydrogen-bond donors (Lipinski definition) is 1. The Labute approximate surface area is 177 Å². The Bertz CT molecular complexity index is 1080. The summed E-state index contributed by atoms with van der Waals surface area (Å²) >= 11 is 0.